The number of hydrogen-bond donors (Lipinski definition) is 1. The van der Waals surface area contributed by atoms with E-state index < -0.39 is 11.2 Å². The Hall–Kier alpha value is -3.33. The number of halogens is 1. The molecule has 0 saturated heterocycles. The number of benzene rings is 2. The molecule has 0 atom stereocenters. The minimum absolute atomic E-state index is 0.192. The molecule has 96 heavy (non-hydrogen) atoms. The van der Waals surface area contributed by atoms with Gasteiger partial charge in [0.05, 0.1) is 45.2 Å². The van der Waals surface area contributed by atoms with Gasteiger partial charge in [0.1, 0.15) is 0 Å². The average molecular weight is 1370 g/mol. The lowest BCUT2D eigenvalue weighted by Gasteiger charge is -2.18. The molecule has 0 fully saturated rings. The number of unbranched alkanes of at least 4 members (excludes halogenated alkanes) is 54. The van der Waals surface area contributed by atoms with Crippen molar-refractivity contribution >= 4 is 22.8 Å². The quantitative estimate of drug-likeness (QED) is 0.0511. The van der Waals surface area contributed by atoms with Crippen LogP contribution in [0, 0.1) is 0 Å². The van der Waals surface area contributed by atoms with E-state index in [1.165, 1.54) is 308 Å². The Kier molecular flexibility index (Phi) is 67.5. The topological polar surface area (TPSA) is 110 Å². The molecule has 0 spiro atoms. The SMILES string of the molecule is CCCCCCCCCCCCOc1cc(C(=O)Cl)cc(OCCCCCCCCCCCC)c1OCCCCCCCCCCCC.CCCCCCCCCCCCOc1cc(C(=O)O)cc(OCCCCCCCCCCCC)c1OCCCCCCCCCCCC. The summed E-state index contributed by atoms with van der Waals surface area (Å²) >= 11 is 5.98. The van der Waals surface area contributed by atoms with Crippen LogP contribution in [0.2, 0.25) is 0 Å². The molecule has 2 rings (SSSR count). The fourth-order valence-electron chi connectivity index (χ4n) is 12.7. The van der Waals surface area contributed by atoms with Crippen LogP contribution in [-0.4, -0.2) is 56.0 Å². The van der Waals surface area contributed by atoms with Gasteiger partial charge in [-0.3, -0.25) is 4.79 Å². The van der Waals surface area contributed by atoms with Crippen molar-refractivity contribution in [1.82, 2.24) is 0 Å². The fraction of sp³-hybridized carbons (Fsp3) is 0.837. The van der Waals surface area contributed by atoms with Gasteiger partial charge >= 0.3 is 5.97 Å². The molecule has 9 nitrogen and oxygen atoms in total. The van der Waals surface area contributed by atoms with Gasteiger partial charge in [-0.2, -0.15) is 0 Å². The van der Waals surface area contributed by atoms with Crippen LogP contribution in [0.5, 0.6) is 34.5 Å². The van der Waals surface area contributed by atoms with Crippen LogP contribution >= 0.6 is 11.6 Å². The number of carboxylic acids is 1. The smallest absolute Gasteiger partial charge is 0.335 e. The molecule has 0 bridgehead atoms. The summed E-state index contributed by atoms with van der Waals surface area (Å²) in [6.07, 6.45) is 76.5. The Bertz CT molecular complexity index is 1760. The van der Waals surface area contributed by atoms with E-state index in [0.717, 1.165) is 77.0 Å². The third-order valence-electron chi connectivity index (χ3n) is 19.0. The molecular formula is C86H155ClO9. The number of aromatic carboxylic acids is 1. The minimum Gasteiger partial charge on any atom is -0.490 e. The van der Waals surface area contributed by atoms with Gasteiger partial charge in [-0.05, 0) is 74.4 Å². The van der Waals surface area contributed by atoms with Crippen LogP contribution in [0.25, 0.3) is 0 Å². The Morgan fingerprint density at radius 3 is 0.542 bits per heavy atom. The molecule has 0 aromatic heterocycles. The molecule has 0 saturated carbocycles. The summed E-state index contributed by atoms with van der Waals surface area (Å²) in [6.45, 7) is 17.1. The van der Waals surface area contributed by atoms with Gasteiger partial charge in [-0.25, -0.2) is 4.79 Å². The normalized spacial score (nSPS) is 11.2. The van der Waals surface area contributed by atoms with E-state index in [4.69, 9.17) is 40.0 Å². The molecule has 2 aromatic carbocycles. The van der Waals surface area contributed by atoms with Gasteiger partial charge in [0.25, 0.3) is 5.24 Å². The first-order chi connectivity index (χ1) is 47.3. The first-order valence-corrected chi connectivity index (χ1v) is 42.2. The van der Waals surface area contributed by atoms with Crippen LogP contribution in [-0.2, 0) is 0 Å². The first-order valence-electron chi connectivity index (χ1n) is 41.8. The van der Waals surface area contributed by atoms with Gasteiger partial charge in [0, 0.05) is 5.56 Å². The number of carbonyl (C=O) groups excluding carboxylic acids is 1. The standard InChI is InChI=1S/C43H77ClO4.C43H78O5/c2*1-4-7-10-13-16-19-22-25-28-31-34-46-40-37-39(43(44)45)38-41(47-35-32-29-26-23-20-17-14-11-8-5-2)42(40)48-36-33-30-27-24-21-18-15-12-9-6-3/h37-38H,4-36H2,1-3H3;37-38H,4-36H2,1-3H3,(H,44,45). The van der Waals surface area contributed by atoms with Gasteiger partial charge in [-0.1, -0.05) is 388 Å². The van der Waals surface area contributed by atoms with Gasteiger partial charge < -0.3 is 33.5 Å². The zero-order chi connectivity index (χ0) is 69.5. The number of hydrogen-bond acceptors (Lipinski definition) is 8. The molecule has 1 N–H and O–H groups in total. The van der Waals surface area contributed by atoms with E-state index in [1.807, 2.05) is 0 Å². The maximum absolute atomic E-state index is 12.3. The number of carboxylic acid groups (broad SMARTS) is 1. The lowest BCUT2D eigenvalue weighted by molar-refractivity contribution is 0.0695. The lowest BCUT2D eigenvalue weighted by Crippen LogP contribution is -2.08. The summed E-state index contributed by atoms with van der Waals surface area (Å²) in [5.41, 5.74) is 0.594. The van der Waals surface area contributed by atoms with Crippen molar-refractivity contribution in [1.29, 1.82) is 0 Å². The van der Waals surface area contributed by atoms with Gasteiger partial charge in [0.15, 0.2) is 23.0 Å². The number of carbonyl (C=O) groups is 2. The summed E-state index contributed by atoms with van der Waals surface area (Å²) in [5.74, 6) is 2.43. The molecule has 560 valence electrons. The summed E-state index contributed by atoms with van der Waals surface area (Å²) in [6, 6.07) is 6.74. The molecule has 2 aromatic rings. The molecule has 0 unspecified atom stereocenters. The predicted octanol–water partition coefficient (Wildman–Crippen LogP) is 29.2. The Morgan fingerprint density at radius 1 is 0.240 bits per heavy atom. The van der Waals surface area contributed by atoms with Crippen LogP contribution in [0.3, 0.4) is 0 Å². The zero-order valence-corrected chi connectivity index (χ0v) is 64.8. The summed E-state index contributed by atoms with van der Waals surface area (Å²) in [5, 5.41) is 9.37. The monoisotopic (exact) mass is 1370 g/mol. The second-order valence-corrected chi connectivity index (χ2v) is 28.7. The third kappa shape index (κ3) is 55.4. The molecule has 10 heteroatoms. The Labute approximate surface area is 599 Å². The van der Waals surface area contributed by atoms with E-state index >= 15 is 0 Å². The molecule has 0 aliphatic carbocycles. The Morgan fingerprint density at radius 2 is 0.385 bits per heavy atom. The molecule has 0 aliphatic heterocycles. The Balaban J connectivity index is 0.000000960. The van der Waals surface area contributed by atoms with Crippen LogP contribution in [0.1, 0.15) is 448 Å². The zero-order valence-electron chi connectivity index (χ0n) is 64.1. The highest BCUT2D eigenvalue weighted by Gasteiger charge is 2.21. The molecule has 0 heterocycles. The minimum atomic E-state index is -0.969. The van der Waals surface area contributed by atoms with E-state index in [9.17, 15) is 14.7 Å². The van der Waals surface area contributed by atoms with Crippen LogP contribution in [0.4, 0.5) is 0 Å². The van der Waals surface area contributed by atoms with Crippen molar-refractivity contribution in [2.45, 2.75) is 427 Å². The molecule has 0 amide bonds. The molecule has 0 aliphatic rings. The number of rotatable bonds is 74. The van der Waals surface area contributed by atoms with Crippen LogP contribution in [0.15, 0.2) is 24.3 Å². The van der Waals surface area contributed by atoms with Crippen molar-refractivity contribution in [2.75, 3.05) is 39.6 Å². The van der Waals surface area contributed by atoms with E-state index in [-0.39, 0.29) is 5.56 Å². The highest BCUT2D eigenvalue weighted by atomic mass is 35.5. The summed E-state index contributed by atoms with van der Waals surface area (Å²) in [7, 11) is 0. The lowest BCUT2D eigenvalue weighted by atomic mass is 10.1. The van der Waals surface area contributed by atoms with Crippen LogP contribution < -0.4 is 28.4 Å². The highest BCUT2D eigenvalue weighted by Crippen LogP contribution is 2.41. The van der Waals surface area contributed by atoms with E-state index in [1.54, 1.807) is 24.3 Å². The van der Waals surface area contributed by atoms with Crippen molar-refractivity contribution in [3.8, 4) is 34.5 Å². The highest BCUT2D eigenvalue weighted by molar-refractivity contribution is 6.67. The van der Waals surface area contributed by atoms with Crippen molar-refractivity contribution in [3.05, 3.63) is 35.4 Å². The predicted molar refractivity (Wildman–Crippen MR) is 414 cm³/mol. The molecular weight excluding hydrogens is 1210 g/mol. The van der Waals surface area contributed by atoms with Gasteiger partial charge in [0.2, 0.25) is 11.5 Å². The van der Waals surface area contributed by atoms with Gasteiger partial charge in [-0.15, -0.1) is 0 Å². The maximum atomic E-state index is 12.3. The first kappa shape index (κ1) is 90.7. The van der Waals surface area contributed by atoms with Crippen molar-refractivity contribution in [3.63, 3.8) is 0 Å². The van der Waals surface area contributed by atoms with E-state index in [2.05, 4.69) is 41.5 Å². The molecule has 0 radical (unpaired) electrons. The second-order valence-electron chi connectivity index (χ2n) is 28.4. The maximum Gasteiger partial charge on any atom is 0.335 e. The second kappa shape index (κ2) is 71.5. The number of ether oxygens (including phenoxy) is 6. The fourth-order valence-corrected chi connectivity index (χ4v) is 12.8. The largest absolute Gasteiger partial charge is 0.490 e. The summed E-state index contributed by atoms with van der Waals surface area (Å²) < 4.78 is 37.7. The summed E-state index contributed by atoms with van der Waals surface area (Å²) in [4.78, 5) is 24.3. The van der Waals surface area contributed by atoms with E-state index in [0.29, 0.717) is 79.7 Å². The van der Waals surface area contributed by atoms with Crippen molar-refractivity contribution < 1.29 is 43.1 Å². The average Bonchev–Trinajstić information content (AvgIpc) is 0.850. The third-order valence-corrected chi connectivity index (χ3v) is 19.2. The van der Waals surface area contributed by atoms with Crippen molar-refractivity contribution in [2.24, 2.45) is 0 Å².